The van der Waals surface area contributed by atoms with Crippen molar-refractivity contribution in [2.75, 3.05) is 14.1 Å². The molecule has 1 aliphatic carbocycles. The topological polar surface area (TPSA) is 76.3 Å². The lowest BCUT2D eigenvalue weighted by Gasteiger charge is -2.12. The van der Waals surface area contributed by atoms with Gasteiger partial charge in [0.15, 0.2) is 5.82 Å². The summed E-state index contributed by atoms with van der Waals surface area (Å²) in [6.07, 6.45) is 2.26. The highest BCUT2D eigenvalue weighted by Crippen LogP contribution is 2.38. The van der Waals surface area contributed by atoms with Crippen LogP contribution in [0, 0.1) is 0 Å². The van der Waals surface area contributed by atoms with Gasteiger partial charge in [0, 0.05) is 20.0 Å². The zero-order chi connectivity index (χ0) is 15.9. The molecule has 1 aromatic carbocycles. The minimum absolute atomic E-state index is 0.0592. The van der Waals surface area contributed by atoms with Crippen LogP contribution < -0.4 is 0 Å². The summed E-state index contributed by atoms with van der Waals surface area (Å²) < 4.78 is 30.6. The zero-order valence-corrected chi connectivity index (χ0v) is 13.7. The molecule has 118 valence electrons. The first kappa shape index (κ1) is 15.2. The van der Waals surface area contributed by atoms with Crippen molar-refractivity contribution in [3.8, 4) is 0 Å². The Bertz CT molecular complexity index is 762. The fourth-order valence-electron chi connectivity index (χ4n) is 2.21. The van der Waals surface area contributed by atoms with Crippen molar-refractivity contribution in [2.45, 2.75) is 36.5 Å². The molecule has 0 saturated heterocycles. The maximum atomic E-state index is 12.1. The van der Waals surface area contributed by atoms with E-state index >= 15 is 0 Å². The number of sulfonamides is 1. The molecular formula is C15H19N3O3S. The van der Waals surface area contributed by atoms with Crippen LogP contribution in [0.25, 0.3) is 0 Å². The van der Waals surface area contributed by atoms with Gasteiger partial charge in [-0.2, -0.15) is 4.98 Å². The molecule has 0 unspecified atom stereocenters. The molecule has 0 spiro atoms. The van der Waals surface area contributed by atoms with Crippen LogP contribution in [0.3, 0.4) is 0 Å². The third kappa shape index (κ3) is 2.78. The van der Waals surface area contributed by atoms with Crippen molar-refractivity contribution in [1.82, 2.24) is 14.4 Å². The maximum absolute atomic E-state index is 12.1. The molecule has 6 nitrogen and oxygen atoms in total. The molecule has 0 aliphatic heterocycles. The van der Waals surface area contributed by atoms with E-state index in [0.29, 0.717) is 11.8 Å². The largest absolute Gasteiger partial charge is 0.339 e. The Balaban J connectivity index is 1.82. The molecule has 0 bridgehead atoms. The van der Waals surface area contributed by atoms with Gasteiger partial charge in [0.1, 0.15) is 0 Å². The molecule has 1 aromatic heterocycles. The molecule has 0 radical (unpaired) electrons. The van der Waals surface area contributed by atoms with Gasteiger partial charge in [0.05, 0.1) is 10.8 Å². The van der Waals surface area contributed by atoms with Gasteiger partial charge in [0.25, 0.3) is 0 Å². The van der Waals surface area contributed by atoms with Gasteiger partial charge < -0.3 is 4.52 Å². The Morgan fingerprint density at radius 3 is 2.41 bits per heavy atom. The van der Waals surface area contributed by atoms with Crippen LogP contribution >= 0.6 is 0 Å². The first-order chi connectivity index (χ1) is 10.4. The smallest absolute Gasteiger partial charge is 0.242 e. The molecule has 2 aromatic rings. The second-order valence-corrected chi connectivity index (χ2v) is 8.00. The highest BCUT2D eigenvalue weighted by molar-refractivity contribution is 7.89. The van der Waals surface area contributed by atoms with Crippen LogP contribution in [-0.4, -0.2) is 37.0 Å². The van der Waals surface area contributed by atoms with Gasteiger partial charge in [-0.15, -0.1) is 0 Å². The standard InChI is InChI=1S/C15H19N3O3S/c1-10(15-16-14(17-21-15)12-4-5-12)11-6-8-13(9-7-11)22(19,20)18(2)3/h6-10,12H,4-5H2,1-3H3/t10-/m0/s1. The average molecular weight is 321 g/mol. The third-order valence-electron chi connectivity index (χ3n) is 3.93. The molecule has 1 atom stereocenters. The summed E-state index contributed by atoms with van der Waals surface area (Å²) in [5, 5.41) is 4.02. The molecular weight excluding hydrogens is 302 g/mol. The van der Waals surface area contributed by atoms with Gasteiger partial charge in [-0.3, -0.25) is 0 Å². The Morgan fingerprint density at radius 2 is 1.86 bits per heavy atom. The summed E-state index contributed by atoms with van der Waals surface area (Å²) in [5.74, 6) is 1.76. The highest BCUT2D eigenvalue weighted by atomic mass is 32.2. The molecule has 1 heterocycles. The van der Waals surface area contributed by atoms with E-state index in [1.807, 2.05) is 6.92 Å². The van der Waals surface area contributed by atoms with E-state index in [2.05, 4.69) is 10.1 Å². The predicted molar refractivity (Wildman–Crippen MR) is 81.1 cm³/mol. The number of hydrogen-bond acceptors (Lipinski definition) is 5. The first-order valence-corrected chi connectivity index (χ1v) is 8.69. The minimum atomic E-state index is -3.40. The molecule has 1 fully saturated rings. The molecule has 22 heavy (non-hydrogen) atoms. The van der Waals surface area contributed by atoms with E-state index in [4.69, 9.17) is 4.52 Å². The second kappa shape index (κ2) is 5.48. The molecule has 7 heteroatoms. The number of nitrogens with zero attached hydrogens (tertiary/aromatic N) is 3. The van der Waals surface area contributed by atoms with Gasteiger partial charge in [0.2, 0.25) is 15.9 Å². The number of hydrogen-bond donors (Lipinski definition) is 0. The monoisotopic (exact) mass is 321 g/mol. The number of benzene rings is 1. The summed E-state index contributed by atoms with van der Waals surface area (Å²) in [6.45, 7) is 1.97. The van der Waals surface area contributed by atoms with Gasteiger partial charge >= 0.3 is 0 Å². The summed E-state index contributed by atoms with van der Waals surface area (Å²) >= 11 is 0. The molecule has 0 amide bonds. The normalized spacial score (nSPS) is 16.9. The van der Waals surface area contributed by atoms with Crippen LogP contribution in [0.5, 0.6) is 0 Å². The van der Waals surface area contributed by atoms with Crippen molar-refractivity contribution < 1.29 is 12.9 Å². The summed E-state index contributed by atoms with van der Waals surface area (Å²) in [4.78, 5) is 4.72. The summed E-state index contributed by atoms with van der Waals surface area (Å²) in [7, 11) is -0.366. The molecule has 0 N–H and O–H groups in total. The van der Waals surface area contributed by atoms with Gasteiger partial charge in [-0.25, -0.2) is 12.7 Å². The Morgan fingerprint density at radius 1 is 1.23 bits per heavy atom. The Hall–Kier alpha value is -1.73. The van der Waals surface area contributed by atoms with Crippen LogP contribution in [0.4, 0.5) is 0 Å². The van der Waals surface area contributed by atoms with E-state index in [0.717, 1.165) is 24.2 Å². The van der Waals surface area contributed by atoms with E-state index < -0.39 is 10.0 Å². The lowest BCUT2D eigenvalue weighted by molar-refractivity contribution is 0.365. The Kier molecular flexibility index (Phi) is 3.78. The number of aromatic nitrogens is 2. The van der Waals surface area contributed by atoms with Crippen molar-refractivity contribution >= 4 is 10.0 Å². The van der Waals surface area contributed by atoms with Crippen LogP contribution in [-0.2, 0) is 10.0 Å². The van der Waals surface area contributed by atoms with Crippen LogP contribution in [0.15, 0.2) is 33.7 Å². The lowest BCUT2D eigenvalue weighted by Crippen LogP contribution is -2.22. The number of rotatable bonds is 5. The van der Waals surface area contributed by atoms with E-state index in [1.165, 1.54) is 18.4 Å². The fourth-order valence-corrected chi connectivity index (χ4v) is 3.11. The van der Waals surface area contributed by atoms with Crippen molar-refractivity contribution in [2.24, 2.45) is 0 Å². The summed E-state index contributed by atoms with van der Waals surface area (Å²) in [6, 6.07) is 6.81. The first-order valence-electron chi connectivity index (χ1n) is 7.25. The van der Waals surface area contributed by atoms with E-state index in [1.54, 1.807) is 24.3 Å². The van der Waals surface area contributed by atoms with Gasteiger partial charge in [-0.1, -0.05) is 17.3 Å². The third-order valence-corrected chi connectivity index (χ3v) is 5.76. The molecule has 3 rings (SSSR count). The van der Waals surface area contributed by atoms with Crippen LogP contribution in [0.1, 0.15) is 48.9 Å². The Labute approximate surface area is 130 Å². The molecule has 1 aliphatic rings. The SMILES string of the molecule is C[C@@H](c1ccc(S(=O)(=O)N(C)C)cc1)c1nc(C2CC2)no1. The van der Waals surface area contributed by atoms with Crippen LogP contribution in [0.2, 0.25) is 0 Å². The van der Waals surface area contributed by atoms with E-state index in [9.17, 15) is 8.42 Å². The zero-order valence-electron chi connectivity index (χ0n) is 12.9. The van der Waals surface area contributed by atoms with Gasteiger partial charge in [-0.05, 0) is 37.5 Å². The average Bonchev–Trinajstić information content (AvgIpc) is 3.24. The van der Waals surface area contributed by atoms with Crippen molar-refractivity contribution in [3.63, 3.8) is 0 Å². The van der Waals surface area contributed by atoms with Crippen molar-refractivity contribution in [1.29, 1.82) is 0 Å². The quantitative estimate of drug-likeness (QED) is 0.845. The van der Waals surface area contributed by atoms with E-state index in [-0.39, 0.29) is 10.8 Å². The predicted octanol–water partition coefficient (Wildman–Crippen LogP) is 2.35. The maximum Gasteiger partial charge on any atom is 0.242 e. The lowest BCUT2D eigenvalue weighted by atomic mass is 10.0. The highest BCUT2D eigenvalue weighted by Gasteiger charge is 2.30. The molecule has 1 saturated carbocycles. The van der Waals surface area contributed by atoms with Crippen molar-refractivity contribution in [3.05, 3.63) is 41.5 Å². The fraction of sp³-hybridized carbons (Fsp3) is 0.467. The summed E-state index contributed by atoms with van der Waals surface area (Å²) in [5.41, 5.74) is 0.948. The minimum Gasteiger partial charge on any atom is -0.339 e. The second-order valence-electron chi connectivity index (χ2n) is 5.84.